The third-order valence-corrected chi connectivity index (χ3v) is 5.98. The van der Waals surface area contributed by atoms with Crippen LogP contribution in [0.4, 0.5) is 10.3 Å². The highest BCUT2D eigenvalue weighted by Crippen LogP contribution is 2.32. The number of amides is 1. The number of carbonyl (C=O) groups excluding carboxylic acids is 1. The number of ether oxygens (including phenoxy) is 3. The van der Waals surface area contributed by atoms with Crippen LogP contribution in [0.15, 0.2) is 28.3 Å². The van der Waals surface area contributed by atoms with Crippen LogP contribution in [0.3, 0.4) is 0 Å². The summed E-state index contributed by atoms with van der Waals surface area (Å²) < 4.78 is 16.0. The topological polar surface area (TPSA) is 135 Å². The highest BCUT2D eigenvalue weighted by Gasteiger charge is 2.27. The number of nitrogens with zero attached hydrogens (tertiary/aromatic N) is 5. The van der Waals surface area contributed by atoms with Gasteiger partial charge in [-0.1, -0.05) is 17.4 Å². The molecule has 1 aromatic heterocycles. The van der Waals surface area contributed by atoms with E-state index in [1.807, 2.05) is 0 Å². The van der Waals surface area contributed by atoms with Gasteiger partial charge in [-0.25, -0.2) is 4.99 Å². The van der Waals surface area contributed by atoms with E-state index >= 15 is 0 Å². The van der Waals surface area contributed by atoms with Crippen molar-refractivity contribution in [2.45, 2.75) is 18.6 Å². The Bertz CT molecular complexity index is 1040. The molecule has 1 unspecified atom stereocenters. The Morgan fingerprint density at radius 2 is 2.03 bits per heavy atom. The number of anilines is 2. The maximum Gasteiger partial charge on any atom is 0.259 e. The highest BCUT2D eigenvalue weighted by atomic mass is 32.1. The molecule has 13 heteroatoms. The number of aromatic nitrogens is 2. The van der Waals surface area contributed by atoms with Crippen molar-refractivity contribution in [1.82, 2.24) is 20.5 Å². The molecule has 33 heavy (non-hydrogen) atoms. The minimum atomic E-state index is -0.848. The maximum atomic E-state index is 12.8. The fourth-order valence-electron chi connectivity index (χ4n) is 3.61. The molecule has 2 aliphatic heterocycles. The number of methoxy groups -OCH3 is 3. The normalized spacial score (nSPS) is 18.3. The summed E-state index contributed by atoms with van der Waals surface area (Å²) in [5, 5.41) is 19.6. The molecular weight excluding hydrogens is 448 g/mol. The molecule has 0 radical (unpaired) electrons. The van der Waals surface area contributed by atoms with E-state index in [0.29, 0.717) is 39.8 Å². The first-order valence-electron chi connectivity index (χ1n) is 10.3. The number of rotatable bonds is 8. The molecule has 2 aliphatic rings. The van der Waals surface area contributed by atoms with Crippen LogP contribution in [0.25, 0.3) is 0 Å². The number of nitrogens with one attached hydrogen (secondary N) is 3. The number of hydrogen-bond acceptors (Lipinski definition) is 12. The molecule has 1 amide bonds. The molecule has 2 aromatic rings. The van der Waals surface area contributed by atoms with E-state index in [1.54, 1.807) is 31.5 Å². The molecule has 0 aliphatic carbocycles. The molecule has 0 bridgehead atoms. The first-order chi connectivity index (χ1) is 16.1. The van der Waals surface area contributed by atoms with Gasteiger partial charge in [-0.3, -0.25) is 10.1 Å². The lowest BCUT2D eigenvalue weighted by atomic mass is 10.1. The van der Waals surface area contributed by atoms with Crippen LogP contribution < -0.4 is 25.5 Å². The SMILES string of the molecule is COc1ccc([C@@H](OC)C(=O)Nc2nnc(NC3CCN(C4=NNCC=N4)C3)s2)cc1OC. The second-order valence-corrected chi connectivity index (χ2v) is 8.27. The lowest BCUT2D eigenvalue weighted by molar-refractivity contribution is -0.126. The van der Waals surface area contributed by atoms with Crippen molar-refractivity contribution in [3.63, 3.8) is 0 Å². The van der Waals surface area contributed by atoms with E-state index in [2.05, 4.69) is 41.3 Å². The summed E-state index contributed by atoms with van der Waals surface area (Å²) in [6.07, 6.45) is 1.87. The van der Waals surface area contributed by atoms with Crippen molar-refractivity contribution in [1.29, 1.82) is 0 Å². The zero-order valence-corrected chi connectivity index (χ0v) is 19.4. The summed E-state index contributed by atoms with van der Waals surface area (Å²) in [6.45, 7) is 2.25. The van der Waals surface area contributed by atoms with E-state index in [0.717, 1.165) is 19.5 Å². The molecule has 1 fully saturated rings. The average molecular weight is 475 g/mol. The minimum Gasteiger partial charge on any atom is -0.493 e. The predicted octanol–water partition coefficient (Wildman–Crippen LogP) is 1.31. The third kappa shape index (κ3) is 5.31. The Labute approximate surface area is 195 Å². The van der Waals surface area contributed by atoms with E-state index < -0.39 is 6.10 Å². The van der Waals surface area contributed by atoms with Gasteiger partial charge in [0.1, 0.15) is 0 Å². The molecule has 1 saturated heterocycles. The van der Waals surface area contributed by atoms with E-state index in [1.165, 1.54) is 25.6 Å². The molecule has 1 aromatic carbocycles. The molecule has 2 atom stereocenters. The minimum absolute atomic E-state index is 0.180. The Morgan fingerprint density at radius 3 is 2.76 bits per heavy atom. The summed E-state index contributed by atoms with van der Waals surface area (Å²) >= 11 is 1.27. The largest absolute Gasteiger partial charge is 0.493 e. The molecule has 0 spiro atoms. The quantitative estimate of drug-likeness (QED) is 0.518. The van der Waals surface area contributed by atoms with Crippen molar-refractivity contribution in [3.05, 3.63) is 23.8 Å². The Morgan fingerprint density at radius 1 is 1.21 bits per heavy atom. The van der Waals surface area contributed by atoms with Crippen molar-refractivity contribution in [2.24, 2.45) is 10.1 Å². The van der Waals surface area contributed by atoms with Gasteiger partial charge in [0.15, 0.2) is 17.6 Å². The number of likely N-dealkylation sites (tertiary alicyclic amines) is 1. The number of benzene rings is 1. The van der Waals surface area contributed by atoms with Crippen LogP contribution in [-0.4, -0.2) is 80.2 Å². The Balaban J connectivity index is 1.35. The zero-order valence-electron chi connectivity index (χ0n) is 18.6. The molecule has 3 heterocycles. The van der Waals surface area contributed by atoms with Gasteiger partial charge in [-0.2, -0.15) is 0 Å². The molecular formula is C20H26N8O4S. The van der Waals surface area contributed by atoms with Crippen molar-refractivity contribution >= 4 is 39.7 Å². The van der Waals surface area contributed by atoms with E-state index in [-0.39, 0.29) is 11.9 Å². The fourth-order valence-corrected chi connectivity index (χ4v) is 4.34. The van der Waals surface area contributed by atoms with Crippen molar-refractivity contribution < 1.29 is 19.0 Å². The van der Waals surface area contributed by atoms with Gasteiger partial charge >= 0.3 is 0 Å². The third-order valence-electron chi connectivity index (χ3n) is 5.21. The number of hydrazone groups is 1. The Hall–Kier alpha value is -3.45. The fraction of sp³-hybridized carbons (Fsp3) is 0.450. The standard InChI is InChI=1S/C20H26N8O4S/c1-30-14-5-4-12(10-15(14)31-2)16(32-3)17(29)24-20-27-26-19(33-20)23-13-6-9-28(11-13)18-21-7-8-22-25-18/h4-5,7,10,13,16,22H,6,8-9,11H2,1-3H3,(H,23,26)(H,24,27,29)/t13?,16-/m1/s1. The lowest BCUT2D eigenvalue weighted by Crippen LogP contribution is -2.34. The first kappa shape index (κ1) is 22.7. The predicted molar refractivity (Wildman–Crippen MR) is 125 cm³/mol. The summed E-state index contributed by atoms with van der Waals surface area (Å²) in [5.41, 5.74) is 3.56. The summed E-state index contributed by atoms with van der Waals surface area (Å²) in [7, 11) is 4.56. The molecule has 4 rings (SSSR count). The molecule has 0 saturated carbocycles. The Kier molecular flexibility index (Phi) is 7.19. The van der Waals surface area contributed by atoms with Gasteiger partial charge in [-0.05, 0) is 24.1 Å². The number of hydrogen-bond donors (Lipinski definition) is 3. The monoisotopic (exact) mass is 474 g/mol. The van der Waals surface area contributed by atoms with Gasteiger partial charge < -0.3 is 29.9 Å². The van der Waals surface area contributed by atoms with Gasteiger partial charge in [0.25, 0.3) is 5.91 Å². The van der Waals surface area contributed by atoms with Gasteiger partial charge in [0.05, 0.1) is 20.8 Å². The zero-order chi connectivity index (χ0) is 23.2. The average Bonchev–Trinajstić information content (AvgIpc) is 3.49. The smallest absolute Gasteiger partial charge is 0.259 e. The molecule has 176 valence electrons. The maximum absolute atomic E-state index is 12.8. The number of carbonyl (C=O) groups is 1. The van der Waals surface area contributed by atoms with Crippen LogP contribution in [0, 0.1) is 0 Å². The number of aliphatic imine (C=N–C) groups is 1. The van der Waals surface area contributed by atoms with Crippen LogP contribution >= 0.6 is 11.3 Å². The van der Waals surface area contributed by atoms with Crippen LogP contribution in [0.1, 0.15) is 18.1 Å². The van der Waals surface area contributed by atoms with Crippen LogP contribution in [0.5, 0.6) is 11.5 Å². The summed E-state index contributed by atoms with van der Waals surface area (Å²) in [6, 6.07) is 5.37. The van der Waals surface area contributed by atoms with Gasteiger partial charge in [-0.15, -0.1) is 15.3 Å². The lowest BCUT2D eigenvalue weighted by Gasteiger charge is -2.19. The second kappa shape index (κ2) is 10.4. The van der Waals surface area contributed by atoms with Gasteiger partial charge in [0.2, 0.25) is 16.2 Å². The summed E-state index contributed by atoms with van der Waals surface area (Å²) in [5.74, 6) is 1.41. The van der Waals surface area contributed by atoms with Gasteiger partial charge in [0, 0.05) is 32.5 Å². The number of guanidine groups is 1. The second-order valence-electron chi connectivity index (χ2n) is 7.29. The van der Waals surface area contributed by atoms with E-state index in [9.17, 15) is 4.79 Å². The van der Waals surface area contributed by atoms with Crippen LogP contribution in [0.2, 0.25) is 0 Å². The first-order valence-corrected chi connectivity index (χ1v) is 11.2. The summed E-state index contributed by atoms with van der Waals surface area (Å²) in [4.78, 5) is 19.3. The van der Waals surface area contributed by atoms with E-state index in [4.69, 9.17) is 14.2 Å². The highest BCUT2D eigenvalue weighted by molar-refractivity contribution is 7.19. The molecule has 12 nitrogen and oxygen atoms in total. The van der Waals surface area contributed by atoms with Crippen molar-refractivity contribution in [2.75, 3.05) is 51.6 Å². The molecule has 3 N–H and O–H groups in total. The van der Waals surface area contributed by atoms with Crippen molar-refractivity contribution in [3.8, 4) is 11.5 Å². The van der Waals surface area contributed by atoms with Crippen LogP contribution in [-0.2, 0) is 9.53 Å².